The maximum absolute atomic E-state index is 12.8. The van der Waals surface area contributed by atoms with E-state index < -0.39 is 0 Å². The Labute approximate surface area is 121 Å². The Hall–Kier alpha value is -1.55. The van der Waals surface area contributed by atoms with Gasteiger partial charge in [0.25, 0.3) is 5.91 Å². The second-order valence-electron chi connectivity index (χ2n) is 6.02. The largest absolute Gasteiger partial charge is 0.387 e. The van der Waals surface area contributed by atoms with Gasteiger partial charge in [-0.25, -0.2) is 0 Å². The van der Waals surface area contributed by atoms with Crippen LogP contribution in [0.3, 0.4) is 0 Å². The van der Waals surface area contributed by atoms with Crippen molar-refractivity contribution in [2.75, 3.05) is 39.5 Å². The van der Waals surface area contributed by atoms with Gasteiger partial charge in [-0.2, -0.15) is 0 Å². The first kappa shape index (κ1) is 14.9. The Kier molecular flexibility index (Phi) is 4.33. The van der Waals surface area contributed by atoms with Crippen LogP contribution in [0.1, 0.15) is 22.8 Å². The number of rotatable bonds is 3. The van der Waals surface area contributed by atoms with E-state index in [4.69, 9.17) is 0 Å². The van der Waals surface area contributed by atoms with Crippen molar-refractivity contribution in [1.29, 1.82) is 0 Å². The molecule has 1 saturated heterocycles. The summed E-state index contributed by atoms with van der Waals surface area (Å²) in [6, 6.07) is 6.42. The Bertz CT molecular complexity index is 498. The zero-order valence-electron chi connectivity index (χ0n) is 13.1. The lowest BCUT2D eigenvalue weighted by Gasteiger charge is -2.22. The number of carbonyl (C=O) groups excluding carboxylic acids is 1. The zero-order valence-corrected chi connectivity index (χ0v) is 13.1. The molecule has 20 heavy (non-hydrogen) atoms. The number of aryl methyl sites for hydroxylation is 1. The quantitative estimate of drug-likeness (QED) is 0.917. The molecule has 0 aromatic heterocycles. The van der Waals surface area contributed by atoms with Gasteiger partial charge in [0, 0.05) is 31.9 Å². The van der Waals surface area contributed by atoms with Gasteiger partial charge in [-0.15, -0.1) is 0 Å². The second kappa shape index (κ2) is 5.83. The van der Waals surface area contributed by atoms with Gasteiger partial charge in [0.15, 0.2) is 0 Å². The van der Waals surface area contributed by atoms with E-state index in [-0.39, 0.29) is 5.91 Å². The van der Waals surface area contributed by atoms with Crippen LogP contribution in [0, 0.1) is 12.8 Å². The average molecular weight is 275 g/mol. The summed E-state index contributed by atoms with van der Waals surface area (Å²) in [4.78, 5) is 17.0. The highest BCUT2D eigenvalue weighted by molar-refractivity contribution is 6.00. The van der Waals surface area contributed by atoms with Crippen molar-refractivity contribution >= 4 is 11.6 Å². The van der Waals surface area contributed by atoms with E-state index in [1.165, 1.54) is 0 Å². The van der Waals surface area contributed by atoms with Crippen molar-refractivity contribution in [1.82, 2.24) is 9.80 Å². The third-order valence-corrected chi connectivity index (χ3v) is 4.20. The van der Waals surface area contributed by atoms with Gasteiger partial charge >= 0.3 is 0 Å². The first-order valence-electron chi connectivity index (χ1n) is 7.18. The first-order chi connectivity index (χ1) is 9.43. The third kappa shape index (κ3) is 2.80. The lowest BCUT2D eigenvalue weighted by atomic mass is 10.1. The summed E-state index contributed by atoms with van der Waals surface area (Å²) in [5, 5.41) is 3.11. The maximum atomic E-state index is 12.8. The molecule has 1 aliphatic heterocycles. The van der Waals surface area contributed by atoms with E-state index in [0.29, 0.717) is 12.0 Å². The molecule has 2 unspecified atom stereocenters. The standard InChI is InChI=1S/C16H25N3O/c1-11-6-7-14(17-3)13(8-11)16(20)19-9-12(2)15(10-19)18(4)5/h6-8,12,15,17H,9-10H2,1-5H3. The molecule has 1 heterocycles. The van der Waals surface area contributed by atoms with Crippen LogP contribution in [0.5, 0.6) is 0 Å². The smallest absolute Gasteiger partial charge is 0.256 e. The van der Waals surface area contributed by atoms with Gasteiger partial charge in [-0.3, -0.25) is 4.79 Å². The Morgan fingerprint density at radius 1 is 1.35 bits per heavy atom. The first-order valence-corrected chi connectivity index (χ1v) is 7.18. The lowest BCUT2D eigenvalue weighted by molar-refractivity contribution is 0.0782. The van der Waals surface area contributed by atoms with Gasteiger partial charge in [0.2, 0.25) is 0 Å². The lowest BCUT2D eigenvalue weighted by Crippen LogP contribution is -2.36. The highest BCUT2D eigenvalue weighted by Gasteiger charge is 2.34. The van der Waals surface area contributed by atoms with Crippen molar-refractivity contribution < 1.29 is 4.79 Å². The predicted octanol–water partition coefficient (Wildman–Crippen LogP) is 2.06. The SMILES string of the molecule is CNc1ccc(C)cc1C(=O)N1CC(C)C(N(C)C)C1. The van der Waals surface area contributed by atoms with Gasteiger partial charge in [0.1, 0.15) is 0 Å². The molecule has 0 aliphatic carbocycles. The van der Waals surface area contributed by atoms with E-state index in [1.807, 2.05) is 37.1 Å². The predicted molar refractivity (Wildman–Crippen MR) is 83.3 cm³/mol. The molecule has 0 radical (unpaired) electrons. The van der Waals surface area contributed by atoms with Gasteiger partial charge in [-0.1, -0.05) is 18.6 Å². The summed E-state index contributed by atoms with van der Waals surface area (Å²) < 4.78 is 0. The van der Waals surface area contributed by atoms with Crippen molar-refractivity contribution in [3.63, 3.8) is 0 Å². The molecule has 0 spiro atoms. The number of likely N-dealkylation sites (tertiary alicyclic amines) is 1. The molecule has 0 saturated carbocycles. The molecule has 0 bridgehead atoms. The Morgan fingerprint density at radius 3 is 2.60 bits per heavy atom. The zero-order chi connectivity index (χ0) is 14.9. The highest BCUT2D eigenvalue weighted by atomic mass is 16.2. The van der Waals surface area contributed by atoms with Crippen LogP contribution >= 0.6 is 0 Å². The van der Waals surface area contributed by atoms with Gasteiger partial charge < -0.3 is 15.1 Å². The number of hydrogen-bond acceptors (Lipinski definition) is 3. The molecule has 1 N–H and O–H groups in total. The molecule has 110 valence electrons. The van der Waals surface area contributed by atoms with Crippen molar-refractivity contribution in [3.05, 3.63) is 29.3 Å². The summed E-state index contributed by atoms with van der Waals surface area (Å²) in [5.74, 6) is 0.644. The van der Waals surface area contributed by atoms with E-state index in [2.05, 4.69) is 31.2 Å². The minimum atomic E-state index is 0.134. The minimum Gasteiger partial charge on any atom is -0.387 e. The number of nitrogens with zero attached hydrogens (tertiary/aromatic N) is 2. The molecule has 1 fully saturated rings. The van der Waals surface area contributed by atoms with Gasteiger partial charge in [-0.05, 0) is 39.1 Å². The fourth-order valence-electron chi connectivity index (χ4n) is 3.01. The number of benzene rings is 1. The van der Waals surface area contributed by atoms with Gasteiger partial charge in [0.05, 0.1) is 5.56 Å². The summed E-state index contributed by atoms with van der Waals surface area (Å²) in [5.41, 5.74) is 2.80. The second-order valence-corrected chi connectivity index (χ2v) is 6.02. The molecule has 4 nitrogen and oxygen atoms in total. The van der Waals surface area contributed by atoms with Crippen molar-refractivity contribution in [2.45, 2.75) is 19.9 Å². The van der Waals surface area contributed by atoms with Crippen LogP contribution in [0.2, 0.25) is 0 Å². The molecule has 1 aliphatic rings. The van der Waals surface area contributed by atoms with Crippen LogP contribution in [-0.4, -0.2) is 56.0 Å². The Morgan fingerprint density at radius 2 is 2.05 bits per heavy atom. The molecule has 1 aromatic carbocycles. The third-order valence-electron chi connectivity index (χ3n) is 4.20. The van der Waals surface area contributed by atoms with Crippen LogP contribution in [0.4, 0.5) is 5.69 Å². The highest BCUT2D eigenvalue weighted by Crippen LogP contribution is 2.25. The normalized spacial score (nSPS) is 22.4. The van der Waals surface area contributed by atoms with E-state index in [0.717, 1.165) is 29.9 Å². The van der Waals surface area contributed by atoms with Crippen LogP contribution < -0.4 is 5.32 Å². The number of carbonyl (C=O) groups is 1. The maximum Gasteiger partial charge on any atom is 0.256 e. The monoisotopic (exact) mass is 275 g/mol. The topological polar surface area (TPSA) is 35.6 Å². The van der Waals surface area contributed by atoms with E-state index >= 15 is 0 Å². The van der Waals surface area contributed by atoms with Crippen LogP contribution in [0.15, 0.2) is 18.2 Å². The number of likely N-dealkylation sites (N-methyl/N-ethyl adjacent to an activating group) is 1. The minimum absolute atomic E-state index is 0.134. The molecule has 1 aromatic rings. The van der Waals surface area contributed by atoms with Crippen molar-refractivity contribution in [3.8, 4) is 0 Å². The summed E-state index contributed by atoms with van der Waals surface area (Å²) in [6.07, 6.45) is 0. The number of amides is 1. The fourth-order valence-corrected chi connectivity index (χ4v) is 3.01. The average Bonchev–Trinajstić information content (AvgIpc) is 2.80. The van der Waals surface area contributed by atoms with Crippen LogP contribution in [0.25, 0.3) is 0 Å². The summed E-state index contributed by atoms with van der Waals surface area (Å²) in [6.45, 7) is 5.88. The summed E-state index contributed by atoms with van der Waals surface area (Å²) in [7, 11) is 6.03. The number of anilines is 1. The number of nitrogens with one attached hydrogen (secondary N) is 1. The molecule has 2 atom stereocenters. The molecule has 4 heteroatoms. The molecule has 1 amide bonds. The fraction of sp³-hybridized carbons (Fsp3) is 0.562. The van der Waals surface area contributed by atoms with E-state index in [1.54, 1.807) is 0 Å². The molecule has 2 rings (SSSR count). The van der Waals surface area contributed by atoms with Crippen molar-refractivity contribution in [2.24, 2.45) is 5.92 Å². The number of hydrogen-bond donors (Lipinski definition) is 1. The summed E-state index contributed by atoms with van der Waals surface area (Å²) >= 11 is 0. The molecular weight excluding hydrogens is 250 g/mol. The Balaban J connectivity index is 2.23. The van der Waals surface area contributed by atoms with Crippen LogP contribution in [-0.2, 0) is 0 Å². The molecular formula is C16H25N3O. The van der Waals surface area contributed by atoms with E-state index in [9.17, 15) is 4.79 Å².